The number of fused-ring (bicyclic) bond motifs is 4. The second-order valence-corrected chi connectivity index (χ2v) is 7.73. The van der Waals surface area contributed by atoms with Crippen LogP contribution in [0.3, 0.4) is 0 Å². The number of hydrogen-bond acceptors (Lipinski definition) is 3. The monoisotopic (exact) mass is 298 g/mol. The van der Waals surface area contributed by atoms with Gasteiger partial charge in [0.25, 0.3) is 0 Å². The third kappa shape index (κ3) is 1.84. The fourth-order valence-electron chi connectivity index (χ4n) is 4.61. The molecule has 116 valence electrons. The molecule has 1 fully saturated rings. The molecule has 1 aliphatic carbocycles. The van der Waals surface area contributed by atoms with Crippen molar-refractivity contribution >= 4 is 11.0 Å². The highest BCUT2D eigenvalue weighted by Crippen LogP contribution is 2.53. The Hall–Kier alpha value is -1.77. The van der Waals surface area contributed by atoms with Crippen LogP contribution in [0, 0.1) is 11.3 Å². The van der Waals surface area contributed by atoms with Crippen LogP contribution < -0.4 is 10.2 Å². The Balaban J connectivity index is 1.94. The molecule has 1 saturated carbocycles. The first-order valence-electron chi connectivity index (χ1n) is 8.13. The van der Waals surface area contributed by atoms with Gasteiger partial charge in [-0.25, -0.2) is 0 Å². The SMILES string of the molecule is CC1(C)CCCC2(C)Oc3c(ccc4occc(=O)c34)CC12. The van der Waals surface area contributed by atoms with Crippen LogP contribution >= 0.6 is 0 Å². The molecule has 1 aromatic carbocycles. The Bertz CT molecular complexity index is 802. The average molecular weight is 298 g/mol. The first-order valence-corrected chi connectivity index (χ1v) is 8.13. The van der Waals surface area contributed by atoms with Crippen LogP contribution in [0.1, 0.15) is 45.6 Å². The van der Waals surface area contributed by atoms with Gasteiger partial charge in [-0.2, -0.15) is 0 Å². The van der Waals surface area contributed by atoms with E-state index in [2.05, 4.69) is 26.8 Å². The van der Waals surface area contributed by atoms with Crippen molar-refractivity contribution in [3.05, 3.63) is 40.2 Å². The molecule has 3 heteroatoms. The van der Waals surface area contributed by atoms with Crippen molar-refractivity contribution < 1.29 is 9.15 Å². The predicted octanol–water partition coefficient (Wildman–Crippen LogP) is 4.31. The first kappa shape index (κ1) is 13.9. The van der Waals surface area contributed by atoms with Crippen molar-refractivity contribution in [1.29, 1.82) is 0 Å². The Kier molecular flexibility index (Phi) is 2.76. The summed E-state index contributed by atoms with van der Waals surface area (Å²) in [6, 6.07) is 5.44. The van der Waals surface area contributed by atoms with Gasteiger partial charge in [0, 0.05) is 12.0 Å². The van der Waals surface area contributed by atoms with E-state index in [4.69, 9.17) is 9.15 Å². The van der Waals surface area contributed by atoms with Gasteiger partial charge in [0.2, 0.25) is 0 Å². The molecule has 1 aliphatic heterocycles. The van der Waals surface area contributed by atoms with Gasteiger partial charge in [-0.05, 0) is 49.7 Å². The Morgan fingerprint density at radius 2 is 1.95 bits per heavy atom. The molecular weight excluding hydrogens is 276 g/mol. The van der Waals surface area contributed by atoms with Crippen molar-refractivity contribution in [2.75, 3.05) is 0 Å². The summed E-state index contributed by atoms with van der Waals surface area (Å²) in [4.78, 5) is 12.3. The Labute approximate surface area is 130 Å². The molecule has 2 atom stereocenters. The molecule has 0 amide bonds. The van der Waals surface area contributed by atoms with Gasteiger partial charge < -0.3 is 9.15 Å². The number of rotatable bonds is 0. The quantitative estimate of drug-likeness (QED) is 0.727. The van der Waals surface area contributed by atoms with Gasteiger partial charge in [-0.15, -0.1) is 0 Å². The highest BCUT2D eigenvalue weighted by Gasteiger charge is 2.51. The van der Waals surface area contributed by atoms with E-state index < -0.39 is 0 Å². The average Bonchev–Trinajstić information content (AvgIpc) is 2.45. The number of hydrogen-bond donors (Lipinski definition) is 0. The lowest BCUT2D eigenvalue weighted by Crippen LogP contribution is -2.54. The molecule has 1 aromatic heterocycles. The molecule has 0 radical (unpaired) electrons. The Morgan fingerprint density at radius 3 is 2.77 bits per heavy atom. The molecule has 4 rings (SSSR count). The number of benzene rings is 1. The maximum absolute atomic E-state index is 12.3. The standard InChI is InChI=1S/C19H22O3/c1-18(2)8-4-9-19(3)15(18)11-12-5-6-14-16(17(12)22-19)13(20)7-10-21-14/h5-7,10,15H,4,8-9,11H2,1-3H3. The van der Waals surface area contributed by atoms with E-state index in [-0.39, 0.29) is 16.4 Å². The van der Waals surface area contributed by atoms with Crippen molar-refractivity contribution in [2.24, 2.45) is 11.3 Å². The summed E-state index contributed by atoms with van der Waals surface area (Å²) in [5.41, 5.74) is 1.81. The molecule has 0 N–H and O–H groups in total. The van der Waals surface area contributed by atoms with Gasteiger partial charge in [-0.1, -0.05) is 19.9 Å². The molecule has 0 spiro atoms. The van der Waals surface area contributed by atoms with E-state index in [1.54, 1.807) is 0 Å². The predicted molar refractivity (Wildman–Crippen MR) is 86.3 cm³/mol. The van der Waals surface area contributed by atoms with Gasteiger partial charge in [0.15, 0.2) is 5.43 Å². The normalized spacial score (nSPS) is 29.5. The minimum atomic E-state index is -0.189. The van der Waals surface area contributed by atoms with Gasteiger partial charge in [0.05, 0.1) is 6.26 Å². The van der Waals surface area contributed by atoms with Crippen molar-refractivity contribution in [3.8, 4) is 5.75 Å². The highest BCUT2D eigenvalue weighted by atomic mass is 16.5. The van der Waals surface area contributed by atoms with Gasteiger partial charge in [-0.3, -0.25) is 4.79 Å². The third-order valence-electron chi connectivity index (χ3n) is 5.80. The number of ether oxygens (including phenoxy) is 1. The van der Waals surface area contributed by atoms with E-state index >= 15 is 0 Å². The molecule has 0 saturated heterocycles. The summed E-state index contributed by atoms with van der Waals surface area (Å²) in [5, 5.41) is 0.600. The lowest BCUT2D eigenvalue weighted by molar-refractivity contribution is -0.0806. The van der Waals surface area contributed by atoms with E-state index in [1.807, 2.05) is 6.07 Å². The van der Waals surface area contributed by atoms with Crippen LogP contribution in [0.15, 0.2) is 33.7 Å². The molecular formula is C19H22O3. The van der Waals surface area contributed by atoms with Crippen LogP contribution in [0.5, 0.6) is 5.75 Å². The highest BCUT2D eigenvalue weighted by molar-refractivity contribution is 5.85. The zero-order chi connectivity index (χ0) is 15.5. The van der Waals surface area contributed by atoms with E-state index in [0.717, 1.165) is 24.2 Å². The van der Waals surface area contributed by atoms with Crippen molar-refractivity contribution in [3.63, 3.8) is 0 Å². The van der Waals surface area contributed by atoms with Crippen LogP contribution in [0.25, 0.3) is 11.0 Å². The fraction of sp³-hybridized carbons (Fsp3) is 0.526. The lowest BCUT2D eigenvalue weighted by atomic mass is 9.59. The topological polar surface area (TPSA) is 39.4 Å². The molecule has 2 heterocycles. The van der Waals surface area contributed by atoms with Gasteiger partial charge in [0.1, 0.15) is 22.3 Å². The largest absolute Gasteiger partial charge is 0.486 e. The molecule has 22 heavy (non-hydrogen) atoms. The van der Waals surface area contributed by atoms with Crippen LogP contribution in [0.4, 0.5) is 0 Å². The third-order valence-corrected chi connectivity index (χ3v) is 5.80. The Morgan fingerprint density at radius 1 is 1.14 bits per heavy atom. The molecule has 3 nitrogen and oxygen atoms in total. The van der Waals surface area contributed by atoms with E-state index in [1.165, 1.54) is 25.2 Å². The zero-order valence-corrected chi connectivity index (χ0v) is 13.4. The zero-order valence-electron chi connectivity index (χ0n) is 13.4. The maximum atomic E-state index is 12.3. The minimum Gasteiger partial charge on any atom is -0.486 e. The first-order chi connectivity index (χ1) is 10.4. The minimum absolute atomic E-state index is 0.0183. The summed E-state index contributed by atoms with van der Waals surface area (Å²) < 4.78 is 12.0. The second kappa shape index (κ2) is 4.37. The fourth-order valence-corrected chi connectivity index (χ4v) is 4.61. The molecule has 2 unspecified atom stereocenters. The second-order valence-electron chi connectivity index (χ2n) is 7.73. The molecule has 0 bridgehead atoms. The van der Waals surface area contributed by atoms with E-state index in [0.29, 0.717) is 16.9 Å². The van der Waals surface area contributed by atoms with E-state index in [9.17, 15) is 4.79 Å². The maximum Gasteiger partial charge on any atom is 0.196 e. The summed E-state index contributed by atoms with van der Waals surface area (Å²) in [5.74, 6) is 1.23. The lowest BCUT2D eigenvalue weighted by Gasteiger charge is -2.53. The van der Waals surface area contributed by atoms with Crippen LogP contribution in [-0.2, 0) is 6.42 Å². The van der Waals surface area contributed by atoms with Crippen molar-refractivity contribution in [1.82, 2.24) is 0 Å². The summed E-state index contributed by atoms with van der Waals surface area (Å²) in [6.45, 7) is 6.91. The van der Waals surface area contributed by atoms with Gasteiger partial charge >= 0.3 is 0 Å². The van der Waals surface area contributed by atoms with Crippen LogP contribution in [0.2, 0.25) is 0 Å². The smallest absolute Gasteiger partial charge is 0.196 e. The summed E-state index contributed by atoms with van der Waals surface area (Å²) in [7, 11) is 0. The molecule has 2 aliphatic rings. The van der Waals surface area contributed by atoms with Crippen LogP contribution in [-0.4, -0.2) is 5.60 Å². The summed E-state index contributed by atoms with van der Waals surface area (Å²) in [6.07, 6.45) is 5.89. The van der Waals surface area contributed by atoms with Crippen molar-refractivity contribution in [2.45, 2.75) is 52.1 Å². The molecule has 2 aromatic rings. The summed E-state index contributed by atoms with van der Waals surface area (Å²) >= 11 is 0.